The maximum Gasteiger partial charge on any atom is 0.317 e. The molecule has 5 heteroatoms. The molecule has 1 aliphatic rings. The summed E-state index contributed by atoms with van der Waals surface area (Å²) in [7, 11) is 0. The van der Waals surface area contributed by atoms with Gasteiger partial charge in [0.2, 0.25) is 0 Å². The van der Waals surface area contributed by atoms with Crippen molar-refractivity contribution in [2.45, 2.75) is 13.3 Å². The molecule has 5 nitrogen and oxygen atoms in total. The van der Waals surface area contributed by atoms with Crippen molar-refractivity contribution < 1.29 is 19.5 Å². The Hall–Kier alpha value is -0.940. The van der Waals surface area contributed by atoms with Gasteiger partial charge in [-0.3, -0.25) is 9.59 Å². The molecule has 0 bridgehead atoms. The summed E-state index contributed by atoms with van der Waals surface area (Å²) in [5.74, 6) is -1.49. The highest BCUT2D eigenvalue weighted by atomic mass is 16.5. The number of hydrogen-bond acceptors (Lipinski definition) is 5. The number of esters is 1. The van der Waals surface area contributed by atoms with Gasteiger partial charge >= 0.3 is 5.97 Å². The summed E-state index contributed by atoms with van der Waals surface area (Å²) >= 11 is 0. The summed E-state index contributed by atoms with van der Waals surface area (Å²) < 4.78 is 4.70. The smallest absolute Gasteiger partial charge is 0.317 e. The maximum absolute atomic E-state index is 11.2. The summed E-state index contributed by atoms with van der Waals surface area (Å²) in [5.41, 5.74) is 0. The van der Waals surface area contributed by atoms with Crippen LogP contribution in [-0.4, -0.2) is 41.7 Å². The first kappa shape index (κ1) is 10.1. The molecule has 1 rings (SSSR count). The quantitative estimate of drug-likeness (QED) is 0.480. The number of carbonyl (C=O) groups excluding carboxylic acids is 2. The lowest BCUT2D eigenvalue weighted by Crippen LogP contribution is -2.43. The van der Waals surface area contributed by atoms with Crippen molar-refractivity contribution in [2.75, 3.05) is 19.7 Å². The zero-order chi connectivity index (χ0) is 9.84. The molecule has 0 aromatic heterocycles. The fraction of sp³-hybridized carbons (Fsp3) is 0.750. The number of ketones is 1. The van der Waals surface area contributed by atoms with E-state index in [4.69, 9.17) is 9.94 Å². The zero-order valence-electron chi connectivity index (χ0n) is 7.52. The van der Waals surface area contributed by atoms with Crippen LogP contribution in [0.5, 0.6) is 0 Å². The van der Waals surface area contributed by atoms with E-state index in [0.29, 0.717) is 6.54 Å². The fourth-order valence-corrected chi connectivity index (χ4v) is 1.27. The van der Waals surface area contributed by atoms with Gasteiger partial charge in [-0.15, -0.1) is 0 Å². The van der Waals surface area contributed by atoms with Crippen LogP contribution in [0.15, 0.2) is 0 Å². The van der Waals surface area contributed by atoms with Crippen LogP contribution in [0.1, 0.15) is 13.3 Å². The average Bonchev–Trinajstić information content (AvgIpc) is 2.09. The fourth-order valence-electron chi connectivity index (χ4n) is 1.27. The third-order valence-electron chi connectivity index (χ3n) is 1.97. The Morgan fingerprint density at radius 2 is 2.46 bits per heavy atom. The van der Waals surface area contributed by atoms with Gasteiger partial charge in [-0.05, 0) is 6.92 Å². The highest BCUT2D eigenvalue weighted by Gasteiger charge is 2.33. The van der Waals surface area contributed by atoms with Gasteiger partial charge < -0.3 is 9.94 Å². The Bertz CT molecular complexity index is 216. The van der Waals surface area contributed by atoms with Crippen LogP contribution in [0.2, 0.25) is 0 Å². The van der Waals surface area contributed by atoms with Crippen LogP contribution in [0, 0.1) is 5.92 Å². The number of hydroxylamine groups is 2. The average molecular weight is 187 g/mol. The topological polar surface area (TPSA) is 66.8 Å². The molecule has 74 valence electrons. The number of carbonyl (C=O) groups is 2. The Balaban J connectivity index is 2.55. The van der Waals surface area contributed by atoms with Crippen molar-refractivity contribution in [1.82, 2.24) is 5.06 Å². The predicted octanol–water partition coefficient (Wildman–Crippen LogP) is -0.170. The molecular formula is C8H13NO4. The molecule has 1 fully saturated rings. The van der Waals surface area contributed by atoms with E-state index < -0.39 is 11.9 Å². The van der Waals surface area contributed by atoms with Gasteiger partial charge in [-0.1, -0.05) is 0 Å². The zero-order valence-corrected chi connectivity index (χ0v) is 7.52. The third-order valence-corrected chi connectivity index (χ3v) is 1.97. The summed E-state index contributed by atoms with van der Waals surface area (Å²) in [4.78, 5) is 22.4. The summed E-state index contributed by atoms with van der Waals surface area (Å²) in [6.45, 7) is 2.29. The highest BCUT2D eigenvalue weighted by molar-refractivity contribution is 5.99. The Morgan fingerprint density at radius 1 is 1.77 bits per heavy atom. The lowest BCUT2D eigenvalue weighted by Gasteiger charge is -2.25. The first-order chi connectivity index (χ1) is 6.15. The van der Waals surface area contributed by atoms with E-state index in [0.717, 1.165) is 5.06 Å². The van der Waals surface area contributed by atoms with Gasteiger partial charge in [-0.2, -0.15) is 5.06 Å². The van der Waals surface area contributed by atoms with Crippen LogP contribution < -0.4 is 0 Å². The standard InChI is InChI=1S/C8H13NO4/c1-2-13-8(11)6-5-9(12)4-3-7(6)10/h6,12H,2-5H2,1H3. The number of ether oxygens (including phenoxy) is 1. The molecule has 1 heterocycles. The first-order valence-electron chi connectivity index (χ1n) is 4.28. The van der Waals surface area contributed by atoms with Crippen LogP contribution >= 0.6 is 0 Å². The molecule has 0 radical (unpaired) electrons. The number of nitrogens with zero attached hydrogens (tertiary/aromatic N) is 1. The molecule has 1 unspecified atom stereocenters. The number of rotatable bonds is 2. The van der Waals surface area contributed by atoms with E-state index >= 15 is 0 Å². The largest absolute Gasteiger partial charge is 0.465 e. The van der Waals surface area contributed by atoms with E-state index in [1.54, 1.807) is 6.92 Å². The molecule has 0 amide bonds. The van der Waals surface area contributed by atoms with Gasteiger partial charge in [0.15, 0.2) is 0 Å². The van der Waals surface area contributed by atoms with E-state index in [1.165, 1.54) is 0 Å². The molecule has 0 spiro atoms. The second-order valence-corrected chi connectivity index (χ2v) is 2.93. The molecule has 0 aromatic rings. The van der Waals surface area contributed by atoms with E-state index in [9.17, 15) is 9.59 Å². The Morgan fingerprint density at radius 3 is 3.08 bits per heavy atom. The molecule has 0 aliphatic carbocycles. The molecule has 1 N–H and O–H groups in total. The SMILES string of the molecule is CCOC(=O)C1CN(O)CCC1=O. The Kier molecular flexibility index (Phi) is 3.39. The number of hydrogen-bond donors (Lipinski definition) is 1. The van der Waals surface area contributed by atoms with E-state index in [2.05, 4.69) is 0 Å². The molecule has 0 aromatic carbocycles. The summed E-state index contributed by atoms with van der Waals surface area (Å²) in [5, 5.41) is 10.1. The van der Waals surface area contributed by atoms with Crippen molar-refractivity contribution in [3.63, 3.8) is 0 Å². The second kappa shape index (κ2) is 4.34. The van der Waals surface area contributed by atoms with Gasteiger partial charge in [0, 0.05) is 19.5 Å². The normalized spacial score (nSPS) is 24.5. The van der Waals surface area contributed by atoms with Crippen molar-refractivity contribution >= 4 is 11.8 Å². The minimum Gasteiger partial charge on any atom is -0.465 e. The molecule has 1 aliphatic heterocycles. The minimum atomic E-state index is -0.807. The highest BCUT2D eigenvalue weighted by Crippen LogP contribution is 2.12. The molecule has 13 heavy (non-hydrogen) atoms. The van der Waals surface area contributed by atoms with Crippen LogP contribution in [0.3, 0.4) is 0 Å². The van der Waals surface area contributed by atoms with Gasteiger partial charge in [-0.25, -0.2) is 0 Å². The number of Topliss-reactive ketones (excluding diaryl/α,β-unsaturated/α-hetero) is 1. The molecule has 1 saturated heterocycles. The maximum atomic E-state index is 11.2. The van der Waals surface area contributed by atoms with Gasteiger partial charge in [0.05, 0.1) is 6.61 Å². The molecular weight excluding hydrogens is 174 g/mol. The molecule has 0 saturated carbocycles. The second-order valence-electron chi connectivity index (χ2n) is 2.93. The van der Waals surface area contributed by atoms with Crippen LogP contribution in [-0.2, 0) is 14.3 Å². The number of piperidine rings is 1. The predicted molar refractivity (Wildman–Crippen MR) is 43.1 cm³/mol. The van der Waals surface area contributed by atoms with Gasteiger partial charge in [0.25, 0.3) is 0 Å². The van der Waals surface area contributed by atoms with E-state index in [-0.39, 0.29) is 25.4 Å². The first-order valence-corrected chi connectivity index (χ1v) is 4.28. The lowest BCUT2D eigenvalue weighted by atomic mass is 9.98. The van der Waals surface area contributed by atoms with E-state index in [1.807, 2.05) is 0 Å². The van der Waals surface area contributed by atoms with Crippen molar-refractivity contribution in [2.24, 2.45) is 5.92 Å². The minimum absolute atomic E-state index is 0.0532. The van der Waals surface area contributed by atoms with Gasteiger partial charge in [0.1, 0.15) is 11.7 Å². The van der Waals surface area contributed by atoms with Crippen molar-refractivity contribution in [3.8, 4) is 0 Å². The van der Waals surface area contributed by atoms with Crippen molar-refractivity contribution in [3.05, 3.63) is 0 Å². The lowest BCUT2D eigenvalue weighted by molar-refractivity contribution is -0.167. The van der Waals surface area contributed by atoms with Crippen LogP contribution in [0.4, 0.5) is 0 Å². The monoisotopic (exact) mass is 187 g/mol. The third kappa shape index (κ3) is 2.50. The summed E-state index contributed by atoms with van der Waals surface area (Å²) in [6, 6.07) is 0. The summed E-state index contributed by atoms with van der Waals surface area (Å²) in [6.07, 6.45) is 0.208. The Labute approximate surface area is 76.2 Å². The molecule has 1 atom stereocenters. The van der Waals surface area contributed by atoms with Crippen LogP contribution in [0.25, 0.3) is 0 Å². The van der Waals surface area contributed by atoms with Crippen molar-refractivity contribution in [1.29, 1.82) is 0 Å².